The van der Waals surface area contributed by atoms with Crippen molar-refractivity contribution in [3.05, 3.63) is 40.4 Å². The van der Waals surface area contributed by atoms with Gasteiger partial charge in [0.1, 0.15) is 22.8 Å². The predicted molar refractivity (Wildman–Crippen MR) is 83.6 cm³/mol. The van der Waals surface area contributed by atoms with Crippen molar-refractivity contribution in [1.82, 2.24) is 10.1 Å². The van der Waals surface area contributed by atoms with Crippen molar-refractivity contribution in [1.29, 1.82) is 0 Å². The number of benzene rings is 1. The molecular weight excluding hydrogens is 358 g/mol. The van der Waals surface area contributed by atoms with Crippen molar-refractivity contribution >= 4 is 23.5 Å². The Morgan fingerprint density at radius 3 is 2.76 bits per heavy atom. The summed E-state index contributed by atoms with van der Waals surface area (Å²) in [5.74, 6) is -2.90. The van der Waals surface area contributed by atoms with Gasteiger partial charge in [0, 0.05) is 13.0 Å². The number of rotatable bonds is 3. The quantitative estimate of drug-likeness (QED) is 0.897. The van der Waals surface area contributed by atoms with E-state index < -0.39 is 29.9 Å². The van der Waals surface area contributed by atoms with Crippen molar-refractivity contribution in [2.45, 2.75) is 19.0 Å². The average Bonchev–Trinajstić information content (AvgIpc) is 3.12. The highest BCUT2D eigenvalue weighted by molar-refractivity contribution is 6.33. The fourth-order valence-electron chi connectivity index (χ4n) is 2.80. The van der Waals surface area contributed by atoms with Crippen molar-refractivity contribution in [2.24, 2.45) is 0 Å². The summed E-state index contributed by atoms with van der Waals surface area (Å²) in [6.07, 6.45) is -0.325. The number of amides is 1. The fraction of sp³-hybridized carbons (Fsp3) is 0.312. The minimum Gasteiger partial charge on any atom is -0.479 e. The standard InChI is InChI=1S/C16H13ClF2N2O4/c1-8-11(14(22)21-6-5-16(19,7-21)15(23)24)13(20-25-8)12-9(17)3-2-4-10(12)18/h2-4H,5-7H2,1H3,(H,23,24). The van der Waals surface area contributed by atoms with E-state index in [0.717, 1.165) is 11.0 Å². The van der Waals surface area contributed by atoms with E-state index in [2.05, 4.69) is 5.16 Å². The molecule has 0 aliphatic carbocycles. The number of carboxylic acids is 1. The summed E-state index contributed by atoms with van der Waals surface area (Å²) in [4.78, 5) is 24.8. The number of hydrogen-bond donors (Lipinski definition) is 1. The first kappa shape index (κ1) is 17.3. The molecule has 1 aliphatic heterocycles. The molecule has 1 saturated heterocycles. The molecule has 1 N–H and O–H groups in total. The normalized spacial score (nSPS) is 20.1. The van der Waals surface area contributed by atoms with Gasteiger partial charge in [-0.15, -0.1) is 0 Å². The summed E-state index contributed by atoms with van der Waals surface area (Å²) < 4.78 is 33.4. The number of likely N-dealkylation sites (tertiary alicyclic amines) is 1. The summed E-state index contributed by atoms with van der Waals surface area (Å²) in [6.45, 7) is 0.765. The molecule has 0 saturated carbocycles. The van der Waals surface area contributed by atoms with Gasteiger partial charge in [-0.25, -0.2) is 13.6 Å². The molecule has 1 atom stereocenters. The number of alkyl halides is 1. The molecule has 1 aliphatic rings. The topological polar surface area (TPSA) is 83.6 Å². The van der Waals surface area contributed by atoms with E-state index in [9.17, 15) is 18.4 Å². The van der Waals surface area contributed by atoms with Crippen LogP contribution in [0.2, 0.25) is 5.02 Å². The zero-order chi connectivity index (χ0) is 18.4. The molecule has 3 rings (SSSR count). The molecule has 1 amide bonds. The van der Waals surface area contributed by atoms with E-state index in [-0.39, 0.29) is 40.6 Å². The van der Waals surface area contributed by atoms with Crippen molar-refractivity contribution in [3.8, 4) is 11.3 Å². The first-order chi connectivity index (χ1) is 11.7. The monoisotopic (exact) mass is 370 g/mol. The lowest BCUT2D eigenvalue weighted by Crippen LogP contribution is -2.39. The van der Waals surface area contributed by atoms with Gasteiger partial charge < -0.3 is 14.5 Å². The Balaban J connectivity index is 2.01. The zero-order valence-electron chi connectivity index (χ0n) is 13.1. The number of aromatic nitrogens is 1. The molecular formula is C16H13ClF2N2O4. The Labute approximate surface area is 146 Å². The first-order valence-electron chi connectivity index (χ1n) is 7.37. The Kier molecular flexibility index (Phi) is 4.24. The number of carbonyl (C=O) groups is 2. The smallest absolute Gasteiger partial charge is 0.343 e. The van der Waals surface area contributed by atoms with Gasteiger partial charge in [0.2, 0.25) is 5.67 Å². The van der Waals surface area contributed by atoms with Crippen LogP contribution in [0.1, 0.15) is 22.5 Å². The summed E-state index contributed by atoms with van der Waals surface area (Å²) in [5, 5.41) is 12.7. The van der Waals surface area contributed by atoms with Crippen molar-refractivity contribution < 1.29 is 28.0 Å². The third kappa shape index (κ3) is 2.86. The summed E-state index contributed by atoms with van der Waals surface area (Å²) >= 11 is 6.01. The molecule has 0 radical (unpaired) electrons. The van der Waals surface area contributed by atoms with Gasteiger partial charge in [-0.05, 0) is 19.1 Å². The van der Waals surface area contributed by atoms with Gasteiger partial charge in [-0.3, -0.25) is 4.79 Å². The predicted octanol–water partition coefficient (Wildman–Crippen LogP) is 3.08. The largest absolute Gasteiger partial charge is 0.479 e. The van der Waals surface area contributed by atoms with Crippen molar-refractivity contribution in [3.63, 3.8) is 0 Å². The molecule has 1 aromatic carbocycles. The minimum absolute atomic E-state index is 0.0362. The van der Waals surface area contributed by atoms with Crippen LogP contribution in [-0.2, 0) is 4.79 Å². The summed E-state index contributed by atoms with van der Waals surface area (Å²) in [5.41, 5.74) is -2.77. The Morgan fingerprint density at radius 2 is 2.16 bits per heavy atom. The van der Waals surface area contributed by atoms with E-state index in [4.69, 9.17) is 21.2 Å². The van der Waals surface area contributed by atoms with Crippen molar-refractivity contribution in [2.75, 3.05) is 13.1 Å². The number of carboxylic acid groups (broad SMARTS) is 1. The van der Waals surface area contributed by atoms with Crippen LogP contribution in [0.5, 0.6) is 0 Å². The van der Waals surface area contributed by atoms with Crippen LogP contribution < -0.4 is 0 Å². The highest BCUT2D eigenvalue weighted by Crippen LogP contribution is 2.35. The van der Waals surface area contributed by atoms with E-state index in [1.807, 2.05) is 0 Å². The number of halogens is 3. The van der Waals surface area contributed by atoms with Crippen LogP contribution in [0, 0.1) is 12.7 Å². The molecule has 0 bridgehead atoms. The van der Waals surface area contributed by atoms with Gasteiger partial charge in [0.25, 0.3) is 5.91 Å². The first-order valence-corrected chi connectivity index (χ1v) is 7.74. The molecule has 9 heteroatoms. The molecule has 1 fully saturated rings. The lowest BCUT2D eigenvalue weighted by Gasteiger charge is -2.18. The van der Waals surface area contributed by atoms with Gasteiger partial charge in [0.05, 0.1) is 17.1 Å². The highest BCUT2D eigenvalue weighted by Gasteiger charge is 2.47. The van der Waals surface area contributed by atoms with Crippen LogP contribution in [0.15, 0.2) is 22.7 Å². The molecule has 0 spiro atoms. The van der Waals surface area contributed by atoms with Crippen LogP contribution in [0.25, 0.3) is 11.3 Å². The SMILES string of the molecule is Cc1onc(-c2c(F)cccc2Cl)c1C(=O)N1CCC(F)(C(=O)O)C1. The maximum absolute atomic E-state index is 14.2. The van der Waals surface area contributed by atoms with Crippen LogP contribution in [0.4, 0.5) is 8.78 Å². The number of hydrogen-bond acceptors (Lipinski definition) is 4. The zero-order valence-corrected chi connectivity index (χ0v) is 13.8. The van der Waals surface area contributed by atoms with E-state index in [1.165, 1.54) is 19.1 Å². The lowest BCUT2D eigenvalue weighted by molar-refractivity contribution is -0.149. The molecule has 25 heavy (non-hydrogen) atoms. The molecule has 132 valence electrons. The molecule has 1 aromatic heterocycles. The van der Waals surface area contributed by atoms with E-state index in [0.29, 0.717) is 0 Å². The lowest BCUT2D eigenvalue weighted by atomic mass is 10.0. The number of carbonyl (C=O) groups excluding carboxylic acids is 1. The van der Waals surface area contributed by atoms with Gasteiger partial charge in [0.15, 0.2) is 0 Å². The molecule has 1 unspecified atom stereocenters. The van der Waals surface area contributed by atoms with E-state index >= 15 is 0 Å². The Bertz CT molecular complexity index is 850. The van der Waals surface area contributed by atoms with E-state index in [1.54, 1.807) is 0 Å². The Hall–Kier alpha value is -2.48. The molecule has 2 heterocycles. The molecule has 2 aromatic rings. The third-order valence-electron chi connectivity index (χ3n) is 4.17. The average molecular weight is 371 g/mol. The number of aliphatic carboxylic acids is 1. The third-order valence-corrected chi connectivity index (χ3v) is 4.48. The van der Waals surface area contributed by atoms with Gasteiger partial charge in [-0.2, -0.15) is 0 Å². The second-order valence-electron chi connectivity index (χ2n) is 5.81. The highest BCUT2D eigenvalue weighted by atomic mass is 35.5. The van der Waals surface area contributed by atoms with Gasteiger partial charge in [-0.1, -0.05) is 22.8 Å². The summed E-state index contributed by atoms with van der Waals surface area (Å²) in [7, 11) is 0. The van der Waals surface area contributed by atoms with Crippen LogP contribution in [-0.4, -0.2) is 45.8 Å². The second kappa shape index (κ2) is 6.11. The maximum Gasteiger partial charge on any atom is 0.343 e. The Morgan fingerprint density at radius 1 is 1.44 bits per heavy atom. The maximum atomic E-state index is 14.2. The number of nitrogens with zero attached hydrogens (tertiary/aromatic N) is 2. The van der Waals surface area contributed by atoms with Gasteiger partial charge >= 0.3 is 5.97 Å². The van der Waals surface area contributed by atoms with Crippen LogP contribution in [0.3, 0.4) is 0 Å². The minimum atomic E-state index is -2.50. The molecule has 6 nitrogen and oxygen atoms in total. The van der Waals surface area contributed by atoms with Crippen LogP contribution >= 0.6 is 11.6 Å². The number of aryl methyl sites for hydroxylation is 1. The fourth-order valence-corrected chi connectivity index (χ4v) is 3.05. The second-order valence-corrected chi connectivity index (χ2v) is 6.21. The summed E-state index contributed by atoms with van der Waals surface area (Å²) in [6, 6.07) is 4.00.